The summed E-state index contributed by atoms with van der Waals surface area (Å²) >= 11 is 2.26. The van der Waals surface area contributed by atoms with Crippen LogP contribution in [0, 0.1) is 12.8 Å². The molecule has 1 aliphatic heterocycles. The molecule has 0 N–H and O–H groups in total. The van der Waals surface area contributed by atoms with Gasteiger partial charge in [-0.15, -0.1) is 0 Å². The van der Waals surface area contributed by atoms with Crippen molar-refractivity contribution in [3.8, 4) is 0 Å². The standard InChI is InChI=1S/C30H30IN3O3S/c1-21-15-27-25(18-32-34(27)20-37-13-14-38-31)16-26(21)30(17-23-9-5-3-6-10-23)22(2)28(35)33(29(30)36)19-24-11-7-4-8-12-24/h3-12,15-16,18,22H,13-14,17,19-20H2,1-2H3. The Bertz CT molecular complexity index is 1440. The Morgan fingerprint density at radius 2 is 1.71 bits per heavy atom. The lowest BCUT2D eigenvalue weighted by molar-refractivity contribution is -0.141. The highest BCUT2D eigenvalue weighted by Crippen LogP contribution is 2.46. The first kappa shape index (κ1) is 26.9. The zero-order chi connectivity index (χ0) is 26.7. The van der Waals surface area contributed by atoms with Crippen LogP contribution in [0.1, 0.15) is 29.2 Å². The smallest absolute Gasteiger partial charge is 0.241 e. The summed E-state index contributed by atoms with van der Waals surface area (Å²) in [5.74, 6) is 0.126. The van der Waals surface area contributed by atoms with Crippen molar-refractivity contribution < 1.29 is 14.3 Å². The SMILES string of the molecule is Cc1cc2c(cnn2COCCSI)cc1C1(Cc2ccccc2)C(=O)N(Cc2ccccc2)C(=O)C1C. The van der Waals surface area contributed by atoms with E-state index in [0.29, 0.717) is 19.8 Å². The fraction of sp³-hybridized carbons (Fsp3) is 0.300. The van der Waals surface area contributed by atoms with Gasteiger partial charge in [0.2, 0.25) is 11.8 Å². The molecule has 1 fully saturated rings. The molecule has 8 heteroatoms. The van der Waals surface area contributed by atoms with Gasteiger partial charge in [0, 0.05) is 11.1 Å². The van der Waals surface area contributed by atoms with Gasteiger partial charge in [0.1, 0.15) is 6.73 Å². The Balaban J connectivity index is 1.58. The molecule has 2 amide bonds. The van der Waals surface area contributed by atoms with Gasteiger partial charge in [-0.05, 0) is 68.9 Å². The van der Waals surface area contributed by atoms with E-state index in [-0.39, 0.29) is 18.4 Å². The van der Waals surface area contributed by atoms with Gasteiger partial charge in [0.15, 0.2) is 0 Å². The molecule has 0 radical (unpaired) electrons. The number of halogens is 1. The largest absolute Gasteiger partial charge is 0.358 e. The molecule has 38 heavy (non-hydrogen) atoms. The normalized spacial score (nSPS) is 19.6. The van der Waals surface area contributed by atoms with Crippen LogP contribution in [0.15, 0.2) is 79.0 Å². The van der Waals surface area contributed by atoms with E-state index in [2.05, 4.69) is 38.4 Å². The summed E-state index contributed by atoms with van der Waals surface area (Å²) in [6.45, 7) is 5.22. The van der Waals surface area contributed by atoms with Crippen LogP contribution in [-0.4, -0.2) is 38.9 Å². The van der Waals surface area contributed by atoms with E-state index >= 15 is 0 Å². The highest BCUT2D eigenvalue weighted by Gasteiger charge is 2.58. The van der Waals surface area contributed by atoms with Crippen LogP contribution < -0.4 is 0 Å². The van der Waals surface area contributed by atoms with Crippen LogP contribution in [0.5, 0.6) is 0 Å². The molecule has 1 saturated heterocycles. The third-order valence-corrected chi connectivity index (χ3v) is 9.14. The van der Waals surface area contributed by atoms with Gasteiger partial charge < -0.3 is 4.74 Å². The lowest BCUT2D eigenvalue weighted by Crippen LogP contribution is -2.42. The van der Waals surface area contributed by atoms with Gasteiger partial charge in [-0.3, -0.25) is 14.5 Å². The Morgan fingerprint density at radius 1 is 1.03 bits per heavy atom. The zero-order valence-electron chi connectivity index (χ0n) is 21.5. The summed E-state index contributed by atoms with van der Waals surface area (Å²) in [6, 6.07) is 23.8. The van der Waals surface area contributed by atoms with E-state index in [9.17, 15) is 9.59 Å². The summed E-state index contributed by atoms with van der Waals surface area (Å²) in [4.78, 5) is 29.6. The van der Waals surface area contributed by atoms with Gasteiger partial charge in [0.05, 0.1) is 36.2 Å². The Morgan fingerprint density at radius 3 is 2.39 bits per heavy atom. The Kier molecular flexibility index (Phi) is 8.20. The molecule has 0 aliphatic carbocycles. The van der Waals surface area contributed by atoms with Crippen molar-refractivity contribution >= 4 is 52.9 Å². The maximum absolute atomic E-state index is 14.4. The number of carbonyl (C=O) groups is 2. The molecule has 196 valence electrons. The average molecular weight is 640 g/mol. The van der Waals surface area contributed by atoms with Crippen molar-refractivity contribution in [2.75, 3.05) is 12.4 Å². The Hall–Kier alpha value is -2.69. The van der Waals surface area contributed by atoms with Crippen LogP contribution in [0.3, 0.4) is 0 Å². The number of hydrogen-bond acceptors (Lipinski definition) is 5. The quantitative estimate of drug-likeness (QED) is 0.120. The molecule has 2 atom stereocenters. The number of aromatic nitrogens is 2. The summed E-state index contributed by atoms with van der Waals surface area (Å²) in [6.07, 6.45) is 2.26. The molecule has 3 aromatic carbocycles. The van der Waals surface area contributed by atoms with Gasteiger partial charge in [-0.2, -0.15) is 5.10 Å². The number of aryl methyl sites for hydroxylation is 1. The minimum absolute atomic E-state index is 0.133. The molecule has 0 spiro atoms. The first-order valence-electron chi connectivity index (χ1n) is 12.7. The number of imide groups is 1. The maximum Gasteiger partial charge on any atom is 0.241 e. The highest BCUT2D eigenvalue weighted by atomic mass is 127. The average Bonchev–Trinajstić information content (AvgIpc) is 3.40. The number of ether oxygens (including phenoxy) is 1. The molecular weight excluding hydrogens is 609 g/mol. The number of benzene rings is 3. The van der Waals surface area contributed by atoms with Crippen molar-refractivity contribution in [2.45, 2.75) is 39.0 Å². The van der Waals surface area contributed by atoms with Gasteiger partial charge in [0.25, 0.3) is 0 Å². The second-order valence-corrected chi connectivity index (χ2v) is 12.3. The van der Waals surface area contributed by atoms with Crippen LogP contribution in [0.2, 0.25) is 0 Å². The zero-order valence-corrected chi connectivity index (χ0v) is 24.4. The van der Waals surface area contributed by atoms with E-state index in [1.165, 1.54) is 4.90 Å². The van der Waals surface area contributed by atoms with Crippen molar-refractivity contribution in [2.24, 2.45) is 5.92 Å². The second kappa shape index (κ2) is 11.6. The van der Waals surface area contributed by atoms with Crippen molar-refractivity contribution in [1.29, 1.82) is 0 Å². The van der Waals surface area contributed by atoms with Crippen LogP contribution in [0.25, 0.3) is 10.9 Å². The molecule has 4 aromatic rings. The van der Waals surface area contributed by atoms with Gasteiger partial charge in [-0.25, -0.2) is 4.68 Å². The molecule has 0 saturated carbocycles. The summed E-state index contributed by atoms with van der Waals surface area (Å²) in [5.41, 5.74) is 3.75. The number of carbonyl (C=O) groups excluding carboxylic acids is 2. The number of rotatable bonds is 10. The first-order valence-corrected chi connectivity index (χ1v) is 16.2. The number of hydrogen-bond donors (Lipinski definition) is 0. The molecule has 2 heterocycles. The van der Waals surface area contributed by atoms with E-state index in [0.717, 1.165) is 38.9 Å². The van der Waals surface area contributed by atoms with E-state index < -0.39 is 11.3 Å². The fourth-order valence-corrected chi connectivity index (χ4v) is 6.25. The van der Waals surface area contributed by atoms with Crippen molar-refractivity contribution in [3.05, 3.63) is 101 Å². The molecule has 1 aromatic heterocycles. The molecule has 6 nitrogen and oxygen atoms in total. The third-order valence-electron chi connectivity index (χ3n) is 7.50. The van der Waals surface area contributed by atoms with Crippen LogP contribution >= 0.6 is 30.1 Å². The number of amides is 2. The van der Waals surface area contributed by atoms with Crippen molar-refractivity contribution in [3.63, 3.8) is 0 Å². The molecule has 5 rings (SSSR count). The number of fused-ring (bicyclic) bond motifs is 1. The van der Waals surface area contributed by atoms with Gasteiger partial charge >= 0.3 is 0 Å². The molecule has 1 aliphatic rings. The summed E-state index contributed by atoms with van der Waals surface area (Å²) < 4.78 is 7.63. The molecular formula is C30H30IN3O3S. The highest BCUT2D eigenvalue weighted by molar-refractivity contribution is 14.2. The molecule has 0 bridgehead atoms. The van der Waals surface area contributed by atoms with Crippen LogP contribution in [0.4, 0.5) is 0 Å². The number of nitrogens with zero attached hydrogens (tertiary/aromatic N) is 3. The first-order chi connectivity index (χ1) is 18.5. The summed E-state index contributed by atoms with van der Waals surface area (Å²) in [7, 11) is 1.71. The lowest BCUT2D eigenvalue weighted by atomic mass is 9.67. The minimum atomic E-state index is -1.01. The van der Waals surface area contributed by atoms with E-state index in [4.69, 9.17) is 4.74 Å². The Labute approximate surface area is 239 Å². The van der Waals surface area contributed by atoms with E-state index in [1.54, 1.807) is 8.93 Å². The topological polar surface area (TPSA) is 64.4 Å². The lowest BCUT2D eigenvalue weighted by Gasteiger charge is -2.32. The van der Waals surface area contributed by atoms with Gasteiger partial charge in [-0.1, -0.05) is 76.5 Å². The predicted molar refractivity (Wildman–Crippen MR) is 160 cm³/mol. The second-order valence-electron chi connectivity index (χ2n) is 9.79. The minimum Gasteiger partial charge on any atom is -0.358 e. The van der Waals surface area contributed by atoms with E-state index in [1.807, 2.05) is 85.4 Å². The maximum atomic E-state index is 14.4. The fourth-order valence-electron chi connectivity index (χ4n) is 5.53. The van der Waals surface area contributed by atoms with Crippen molar-refractivity contribution in [1.82, 2.24) is 14.7 Å². The number of likely N-dealkylation sites (tertiary alicyclic amines) is 1. The third kappa shape index (κ3) is 5.01. The monoisotopic (exact) mass is 639 g/mol. The predicted octanol–water partition coefficient (Wildman–Crippen LogP) is 6.09. The summed E-state index contributed by atoms with van der Waals surface area (Å²) in [5, 5.41) is 5.48. The molecule has 2 unspecified atom stereocenters. The van der Waals surface area contributed by atoms with Crippen LogP contribution in [-0.2, 0) is 39.4 Å².